The van der Waals surface area contributed by atoms with Gasteiger partial charge >= 0.3 is 12.2 Å². The van der Waals surface area contributed by atoms with Gasteiger partial charge in [-0.2, -0.15) is 0 Å². The van der Waals surface area contributed by atoms with E-state index >= 15 is 0 Å². The fraction of sp³-hybridized carbons (Fsp3) is 0.476. The molecule has 8 rings (SSSR count). The number of benzene rings is 2. The van der Waals surface area contributed by atoms with Crippen LogP contribution in [0.3, 0.4) is 0 Å². The number of fused-ring (bicyclic) bond motifs is 2. The standard InChI is InChI=1S/C42H48Br2N8O6/c1-19(2)31(47-41(55)57-5)39(53)51-27-15-25(27)17-29(51)37-45-33(35(43)49-37)23-11-7-21(8-12-23)22-9-13-24(14-10-22)34-36(44)50-38(46-34)30-18-26-16-28(26)52(30)40(54)32(20(3)4)48-42(56)58-6/h7-14,19-20,25-32H,15-18H2,1-6H3,(H,45,49)(H,46,50)(H,47,55)(H,48,56)/t25-,26?,27?,28-,29+,30+,31+,32+/m1/s1. The minimum Gasteiger partial charge on any atom is -0.453 e. The van der Waals surface area contributed by atoms with Gasteiger partial charge in [0.05, 0.1) is 26.3 Å². The van der Waals surface area contributed by atoms with Gasteiger partial charge in [-0.3, -0.25) is 9.59 Å². The third-order valence-electron chi connectivity index (χ3n) is 12.1. The molecule has 14 nitrogen and oxygen atoms in total. The van der Waals surface area contributed by atoms with Gasteiger partial charge in [-0.1, -0.05) is 76.2 Å². The molecule has 0 radical (unpaired) electrons. The van der Waals surface area contributed by atoms with E-state index in [-0.39, 0.29) is 47.8 Å². The number of halogens is 2. The quantitative estimate of drug-likeness (QED) is 0.118. The highest BCUT2D eigenvalue weighted by molar-refractivity contribution is 9.10. The molecule has 2 aliphatic heterocycles. The molecule has 0 spiro atoms. The summed E-state index contributed by atoms with van der Waals surface area (Å²) in [6.45, 7) is 7.66. The average molecular weight is 921 g/mol. The number of aromatic amines is 2. The number of aromatic nitrogens is 4. The molecular formula is C42H48Br2N8O6. The molecule has 2 saturated carbocycles. The van der Waals surface area contributed by atoms with Gasteiger partial charge in [0.25, 0.3) is 0 Å². The SMILES string of the molecule is COC(=O)N[C@H](C(=O)N1C2C[C@@H]2C[C@H]1c1nc(-c2ccc(-c3ccc(-c4nc([C@@H]5CC6C[C@H]6N5C(=O)[C@@H](NC(=O)OC)C(C)C)[nH]c4Br)cc3)cc2)c(Br)[nH]1)C(C)C. The number of imidazole rings is 2. The summed E-state index contributed by atoms with van der Waals surface area (Å²) in [6, 6.07) is 14.9. The van der Waals surface area contributed by atoms with Crippen molar-refractivity contribution in [1.82, 2.24) is 40.4 Å². The van der Waals surface area contributed by atoms with E-state index < -0.39 is 24.3 Å². The Labute approximate surface area is 353 Å². The number of ether oxygens (including phenoxy) is 2. The lowest BCUT2D eigenvalue weighted by atomic mass is 10.0. The second-order valence-corrected chi connectivity index (χ2v) is 18.1. The largest absolute Gasteiger partial charge is 0.453 e. The Morgan fingerprint density at radius 3 is 1.29 bits per heavy atom. The lowest BCUT2D eigenvalue weighted by molar-refractivity contribution is -0.137. The Morgan fingerprint density at radius 1 is 0.621 bits per heavy atom. The molecule has 4 N–H and O–H groups in total. The van der Waals surface area contributed by atoms with Crippen molar-refractivity contribution >= 4 is 55.9 Å². The first-order valence-electron chi connectivity index (χ1n) is 19.8. The van der Waals surface area contributed by atoms with Crippen molar-refractivity contribution < 1.29 is 28.7 Å². The van der Waals surface area contributed by atoms with Crippen LogP contribution in [0.2, 0.25) is 0 Å². The Bertz CT molecular complexity index is 2070. The third-order valence-corrected chi connectivity index (χ3v) is 13.3. The Morgan fingerprint density at radius 2 is 0.966 bits per heavy atom. The molecule has 2 aromatic heterocycles. The lowest BCUT2D eigenvalue weighted by Gasteiger charge is -2.31. The molecule has 306 valence electrons. The summed E-state index contributed by atoms with van der Waals surface area (Å²) in [7, 11) is 2.59. The fourth-order valence-corrected chi connectivity index (χ4v) is 9.87. The molecule has 0 bridgehead atoms. The van der Waals surface area contributed by atoms with Crippen LogP contribution < -0.4 is 10.6 Å². The predicted octanol–water partition coefficient (Wildman–Crippen LogP) is 7.74. The molecule has 2 saturated heterocycles. The number of hydrogen-bond acceptors (Lipinski definition) is 8. The molecule has 4 aromatic rings. The van der Waals surface area contributed by atoms with Crippen LogP contribution in [-0.4, -0.2) is 92.1 Å². The number of H-pyrrole nitrogens is 2. The molecule has 2 unspecified atom stereocenters. The molecule has 58 heavy (non-hydrogen) atoms. The van der Waals surface area contributed by atoms with Crippen LogP contribution in [0.5, 0.6) is 0 Å². The van der Waals surface area contributed by atoms with Gasteiger partial charge in [0.15, 0.2) is 0 Å². The number of nitrogens with one attached hydrogen (secondary N) is 4. The first kappa shape index (κ1) is 40.1. The summed E-state index contributed by atoms with van der Waals surface area (Å²) in [5.74, 6) is 1.83. The number of likely N-dealkylation sites (tertiary alicyclic amines) is 2. The monoisotopic (exact) mass is 918 g/mol. The molecule has 4 amide bonds. The molecule has 2 aromatic carbocycles. The van der Waals surface area contributed by atoms with Crippen molar-refractivity contribution in [2.45, 2.75) is 89.6 Å². The van der Waals surface area contributed by atoms with Crippen LogP contribution >= 0.6 is 31.9 Å². The van der Waals surface area contributed by atoms with E-state index in [1.165, 1.54) is 14.2 Å². The number of carbonyl (C=O) groups excluding carboxylic acids is 4. The van der Waals surface area contributed by atoms with E-state index in [1.807, 2.05) is 61.8 Å². The number of carbonyl (C=O) groups is 4. The molecule has 2 aliphatic carbocycles. The molecule has 4 heterocycles. The van der Waals surface area contributed by atoms with Gasteiger partial charge in [-0.25, -0.2) is 19.6 Å². The Hall–Kier alpha value is -4.70. The van der Waals surface area contributed by atoms with Gasteiger partial charge in [-0.05, 0) is 92.3 Å². The molecular weight excluding hydrogens is 872 g/mol. The Balaban J connectivity index is 0.962. The zero-order chi connectivity index (χ0) is 41.2. The first-order chi connectivity index (χ1) is 27.8. The van der Waals surface area contributed by atoms with Crippen LogP contribution in [-0.2, 0) is 19.1 Å². The van der Waals surface area contributed by atoms with Crippen molar-refractivity contribution in [3.63, 3.8) is 0 Å². The van der Waals surface area contributed by atoms with Crippen molar-refractivity contribution in [2.75, 3.05) is 14.2 Å². The molecule has 16 heteroatoms. The summed E-state index contributed by atoms with van der Waals surface area (Å²) >= 11 is 7.39. The number of alkyl carbamates (subject to hydrolysis) is 2. The van der Waals surface area contributed by atoms with Crippen LogP contribution in [0.4, 0.5) is 9.59 Å². The second-order valence-electron chi connectivity index (χ2n) is 16.6. The summed E-state index contributed by atoms with van der Waals surface area (Å²) in [6.07, 6.45) is 2.31. The maximum atomic E-state index is 13.9. The maximum absolute atomic E-state index is 13.9. The second kappa shape index (κ2) is 15.8. The average Bonchev–Trinajstić information content (AvgIpc) is 3.92. The van der Waals surface area contributed by atoms with Crippen molar-refractivity contribution in [3.05, 3.63) is 69.4 Å². The third kappa shape index (κ3) is 7.53. The topological polar surface area (TPSA) is 175 Å². The van der Waals surface area contributed by atoms with E-state index in [2.05, 4.69) is 76.7 Å². The molecule has 8 atom stereocenters. The highest BCUT2D eigenvalue weighted by Crippen LogP contribution is 2.55. The number of amides is 4. The summed E-state index contributed by atoms with van der Waals surface area (Å²) in [4.78, 5) is 72.5. The minimum absolute atomic E-state index is 0.112. The number of piperidine rings is 2. The van der Waals surface area contributed by atoms with Crippen LogP contribution in [0.15, 0.2) is 57.7 Å². The Kier molecular flexibility index (Phi) is 10.9. The zero-order valence-electron chi connectivity index (χ0n) is 33.2. The van der Waals surface area contributed by atoms with E-state index in [4.69, 9.17) is 19.4 Å². The van der Waals surface area contributed by atoms with Gasteiger partial charge in [0.1, 0.15) is 44.3 Å². The van der Waals surface area contributed by atoms with Crippen molar-refractivity contribution in [3.8, 4) is 33.6 Å². The van der Waals surface area contributed by atoms with Crippen molar-refractivity contribution in [1.29, 1.82) is 0 Å². The normalized spacial score (nSPS) is 24.0. The number of methoxy groups -OCH3 is 2. The van der Waals surface area contributed by atoms with E-state index in [1.54, 1.807) is 0 Å². The van der Waals surface area contributed by atoms with Gasteiger partial charge in [0.2, 0.25) is 11.8 Å². The zero-order valence-corrected chi connectivity index (χ0v) is 36.4. The summed E-state index contributed by atoms with van der Waals surface area (Å²) in [5, 5.41) is 5.47. The molecule has 4 aliphatic rings. The minimum atomic E-state index is -0.695. The summed E-state index contributed by atoms with van der Waals surface area (Å²) in [5.41, 5.74) is 5.44. The number of rotatable bonds is 11. The van der Waals surface area contributed by atoms with Gasteiger partial charge in [0, 0.05) is 23.2 Å². The fourth-order valence-electron chi connectivity index (χ4n) is 8.83. The first-order valence-corrected chi connectivity index (χ1v) is 21.4. The van der Waals surface area contributed by atoms with Crippen LogP contribution in [0.1, 0.15) is 77.1 Å². The smallest absolute Gasteiger partial charge is 0.407 e. The van der Waals surface area contributed by atoms with E-state index in [0.29, 0.717) is 11.8 Å². The number of hydrogen-bond donors (Lipinski definition) is 4. The lowest BCUT2D eigenvalue weighted by Crippen LogP contribution is -2.52. The van der Waals surface area contributed by atoms with E-state index in [0.717, 1.165) is 80.2 Å². The predicted molar refractivity (Wildman–Crippen MR) is 223 cm³/mol. The highest BCUT2D eigenvalue weighted by atomic mass is 79.9. The van der Waals surface area contributed by atoms with Crippen molar-refractivity contribution in [2.24, 2.45) is 23.7 Å². The highest BCUT2D eigenvalue weighted by Gasteiger charge is 2.57. The molecule has 4 fully saturated rings. The van der Waals surface area contributed by atoms with Gasteiger partial charge < -0.3 is 39.9 Å². The summed E-state index contributed by atoms with van der Waals surface area (Å²) < 4.78 is 11.1. The van der Waals surface area contributed by atoms with Gasteiger partial charge in [-0.15, -0.1) is 0 Å². The maximum Gasteiger partial charge on any atom is 0.407 e. The number of nitrogens with zero attached hydrogens (tertiary/aromatic N) is 4. The van der Waals surface area contributed by atoms with E-state index in [9.17, 15) is 19.2 Å². The van der Waals surface area contributed by atoms with Crippen LogP contribution in [0.25, 0.3) is 33.6 Å². The van der Waals surface area contributed by atoms with Crippen LogP contribution in [0, 0.1) is 23.7 Å².